The molecule has 0 N–H and O–H groups in total. The molecule has 8 nitrogen and oxygen atoms in total. The smallest absolute Gasteiger partial charge is 0.405 e. The average Bonchev–Trinajstić information content (AvgIpc) is 3.72. The molecular formula is C42H18F6N6O2. The number of aryl methyl sites for hydroxylation is 4. The van der Waals surface area contributed by atoms with Crippen LogP contribution in [-0.2, 0) is 0 Å². The first-order valence-corrected chi connectivity index (χ1v) is 16.2. The summed E-state index contributed by atoms with van der Waals surface area (Å²) in [5.74, 6) is -1.77. The van der Waals surface area contributed by atoms with Crippen LogP contribution in [0.1, 0.15) is 55.6 Å². The van der Waals surface area contributed by atoms with Crippen molar-refractivity contribution in [3.8, 4) is 57.0 Å². The molecule has 0 radical (unpaired) electrons. The number of benzene rings is 4. The SMILES string of the molecule is [C-]#[N+]C([N+]#[C-])=C1c2cc(C)c(OC(F)(F)F)cc2-c2c1c1c(c3c2/C(=C(/C#N)[N+]#[C-])c2cc(C)c(OC(F)(F)F)cc2-3)/C(=C(\C#N)[N+]#[C-])c2cc(C)c(C)cc2-1. The molecule has 0 aromatic heterocycles. The minimum atomic E-state index is -5.15. The largest absolute Gasteiger partial charge is 0.573 e. The molecular weight excluding hydrogens is 734 g/mol. The second kappa shape index (κ2) is 12.4. The minimum Gasteiger partial charge on any atom is -0.405 e. The van der Waals surface area contributed by atoms with Crippen LogP contribution in [0.5, 0.6) is 11.5 Å². The number of alkyl halides is 6. The van der Waals surface area contributed by atoms with E-state index in [0.717, 1.165) is 23.3 Å². The van der Waals surface area contributed by atoms with E-state index in [4.69, 9.17) is 26.3 Å². The van der Waals surface area contributed by atoms with Gasteiger partial charge in [0.15, 0.2) is 0 Å². The normalized spacial score (nSPS) is 14.5. The molecule has 0 fully saturated rings. The standard InChI is InChI=1S/C42H18F6N6O2/c1-17-9-21-23(10-18(17)2)33-37(31(21)27(15-49)51-5)34-25-13-29(55-41(43,44)45)19(3)11-22(25)32(28(16-50)52-6)38(34)35-26-14-30(56-42(46,47)48)20(4)12-24(26)36(39(33)35)40(53-7)54-8/h9-14H,1-4H3/b31-27+,32-28-. The second-order valence-corrected chi connectivity index (χ2v) is 13.0. The molecule has 56 heavy (non-hydrogen) atoms. The molecule has 0 saturated heterocycles. The summed E-state index contributed by atoms with van der Waals surface area (Å²) in [4.78, 5) is 13.9. The molecule has 0 aliphatic heterocycles. The molecule has 4 aromatic rings. The van der Waals surface area contributed by atoms with Gasteiger partial charge in [-0.3, -0.25) is 0 Å². The Balaban J connectivity index is 1.86. The van der Waals surface area contributed by atoms with Gasteiger partial charge in [-0.25, -0.2) is 20.2 Å². The van der Waals surface area contributed by atoms with Crippen LogP contribution in [0.2, 0.25) is 0 Å². The van der Waals surface area contributed by atoms with Gasteiger partial charge in [0.1, 0.15) is 24.6 Å². The number of halogens is 6. The number of fused-ring (bicyclic) bond motifs is 12. The van der Waals surface area contributed by atoms with Crippen molar-refractivity contribution in [2.45, 2.75) is 40.4 Å². The van der Waals surface area contributed by atoms with Gasteiger partial charge in [-0.05, 0) is 141 Å². The number of allylic oxidation sites excluding steroid dienone is 2. The lowest BCUT2D eigenvalue weighted by Crippen LogP contribution is -2.17. The van der Waals surface area contributed by atoms with Gasteiger partial charge in [-0.2, -0.15) is 9.69 Å². The monoisotopic (exact) mass is 752 g/mol. The molecule has 0 unspecified atom stereocenters. The Hall–Kier alpha value is -7.78. The van der Waals surface area contributed by atoms with Crippen LogP contribution in [0.25, 0.3) is 69.5 Å². The number of ether oxygens (including phenoxy) is 2. The van der Waals surface area contributed by atoms with E-state index in [9.17, 15) is 36.9 Å². The minimum absolute atomic E-state index is 0.00162. The Morgan fingerprint density at radius 1 is 0.482 bits per heavy atom. The average molecular weight is 753 g/mol. The second-order valence-electron chi connectivity index (χ2n) is 13.0. The van der Waals surface area contributed by atoms with Crippen molar-refractivity contribution in [1.82, 2.24) is 0 Å². The van der Waals surface area contributed by atoms with Crippen molar-refractivity contribution < 1.29 is 35.8 Å². The highest BCUT2D eigenvalue weighted by molar-refractivity contribution is 6.24. The molecule has 0 spiro atoms. The van der Waals surface area contributed by atoms with E-state index in [1.54, 1.807) is 26.0 Å². The zero-order valence-electron chi connectivity index (χ0n) is 29.2. The lowest BCUT2D eigenvalue weighted by atomic mass is 9.83. The van der Waals surface area contributed by atoms with Crippen LogP contribution < -0.4 is 9.47 Å². The molecule has 7 rings (SSSR count). The Bertz CT molecular complexity index is 2840. The quantitative estimate of drug-likeness (QED) is 0.1000. The van der Waals surface area contributed by atoms with Crippen molar-refractivity contribution in [1.29, 1.82) is 10.5 Å². The van der Waals surface area contributed by atoms with E-state index >= 15 is 0 Å². The first-order chi connectivity index (χ1) is 26.4. The molecule has 3 aliphatic rings. The van der Waals surface area contributed by atoms with E-state index in [2.05, 4.69) is 28.9 Å². The molecule has 0 bridgehead atoms. The zero-order valence-corrected chi connectivity index (χ0v) is 29.2. The molecule has 0 atom stereocenters. The summed E-state index contributed by atoms with van der Waals surface area (Å²) < 4.78 is 91.6. The lowest BCUT2D eigenvalue weighted by molar-refractivity contribution is -0.275. The van der Waals surface area contributed by atoms with Crippen LogP contribution in [0.15, 0.2) is 53.6 Å². The van der Waals surface area contributed by atoms with E-state index in [-0.39, 0.29) is 83.5 Å². The molecule has 14 heteroatoms. The van der Waals surface area contributed by atoms with Crippen LogP contribution >= 0.6 is 0 Å². The Labute approximate surface area is 315 Å². The van der Waals surface area contributed by atoms with Gasteiger partial charge in [0.2, 0.25) is 0 Å². The highest BCUT2D eigenvalue weighted by Crippen LogP contribution is 2.66. The summed E-state index contributed by atoms with van der Waals surface area (Å²) in [6.07, 6.45) is -10.3. The summed E-state index contributed by atoms with van der Waals surface area (Å²) in [7, 11) is 0. The van der Waals surface area contributed by atoms with Gasteiger partial charge in [0.05, 0.1) is 30.9 Å². The van der Waals surface area contributed by atoms with E-state index in [1.807, 2.05) is 12.1 Å². The summed E-state index contributed by atoms with van der Waals surface area (Å²) >= 11 is 0. The zero-order chi connectivity index (χ0) is 40.8. The molecule has 4 aromatic carbocycles. The van der Waals surface area contributed by atoms with Gasteiger partial charge < -0.3 is 9.47 Å². The Kier molecular flexibility index (Phi) is 8.09. The highest BCUT2D eigenvalue weighted by atomic mass is 19.4. The molecule has 270 valence electrons. The van der Waals surface area contributed by atoms with E-state index in [1.165, 1.54) is 26.0 Å². The van der Waals surface area contributed by atoms with Gasteiger partial charge in [0, 0.05) is 11.1 Å². The van der Waals surface area contributed by atoms with Crippen LogP contribution in [0.4, 0.5) is 26.3 Å². The summed E-state index contributed by atoms with van der Waals surface area (Å²) in [5, 5.41) is 20.8. The van der Waals surface area contributed by atoms with Crippen molar-refractivity contribution in [3.63, 3.8) is 0 Å². The Morgan fingerprint density at radius 3 is 1.14 bits per heavy atom. The van der Waals surface area contributed by atoms with Gasteiger partial charge >= 0.3 is 18.5 Å². The highest BCUT2D eigenvalue weighted by Gasteiger charge is 2.47. The van der Waals surface area contributed by atoms with Crippen LogP contribution in [-0.4, -0.2) is 12.7 Å². The third kappa shape index (κ3) is 5.25. The molecule has 0 heterocycles. The predicted molar refractivity (Wildman–Crippen MR) is 191 cm³/mol. The maximum Gasteiger partial charge on any atom is 0.573 e. The lowest BCUT2D eigenvalue weighted by Gasteiger charge is -2.19. The first-order valence-electron chi connectivity index (χ1n) is 16.2. The fourth-order valence-electron chi connectivity index (χ4n) is 7.75. The number of nitriles is 2. The fraction of sp³-hybridized carbons (Fsp3) is 0.143. The van der Waals surface area contributed by atoms with Crippen molar-refractivity contribution in [2.24, 2.45) is 0 Å². The number of nitrogens with zero attached hydrogens (tertiary/aromatic N) is 6. The van der Waals surface area contributed by atoms with Crippen molar-refractivity contribution in [2.75, 3.05) is 0 Å². The number of hydrogen-bond acceptors (Lipinski definition) is 4. The van der Waals surface area contributed by atoms with Crippen LogP contribution in [0.3, 0.4) is 0 Å². The summed E-state index contributed by atoms with van der Waals surface area (Å²) in [6, 6.07) is 12.0. The maximum atomic E-state index is 13.8. The third-order valence-corrected chi connectivity index (χ3v) is 9.93. The van der Waals surface area contributed by atoms with E-state index in [0.29, 0.717) is 11.1 Å². The maximum absolute atomic E-state index is 13.8. The Morgan fingerprint density at radius 2 is 0.804 bits per heavy atom. The fourth-order valence-corrected chi connectivity index (χ4v) is 7.75. The predicted octanol–water partition coefficient (Wildman–Crippen LogP) is 11.6. The topological polar surface area (TPSA) is 83.5 Å². The third-order valence-electron chi connectivity index (χ3n) is 9.93. The summed E-state index contributed by atoms with van der Waals surface area (Å²) in [6.45, 7) is 38.3. The molecule has 0 amide bonds. The molecule has 0 saturated carbocycles. The van der Waals surface area contributed by atoms with Gasteiger partial charge in [0.25, 0.3) is 11.4 Å². The number of hydrogen-bond donors (Lipinski definition) is 0. The van der Waals surface area contributed by atoms with Crippen LogP contribution in [0, 0.1) is 76.6 Å². The van der Waals surface area contributed by atoms with Crippen molar-refractivity contribution in [3.05, 3.63) is 155 Å². The number of rotatable bonds is 2. The van der Waals surface area contributed by atoms with E-state index < -0.39 is 41.4 Å². The summed E-state index contributed by atoms with van der Waals surface area (Å²) in [5.41, 5.74) is 1.96. The molecule has 3 aliphatic carbocycles. The van der Waals surface area contributed by atoms with Crippen molar-refractivity contribution >= 4 is 16.7 Å². The van der Waals surface area contributed by atoms with Gasteiger partial charge in [-0.1, -0.05) is 12.1 Å². The van der Waals surface area contributed by atoms with Gasteiger partial charge in [-0.15, -0.1) is 26.3 Å². The first kappa shape index (κ1) is 36.6.